The molecule has 0 aliphatic carbocycles. The number of aromatic nitrogens is 1. The maximum Gasteiger partial charge on any atom is 0.274 e. The zero-order chi connectivity index (χ0) is 16.2. The third kappa shape index (κ3) is 3.73. The molecule has 2 aromatic rings. The van der Waals surface area contributed by atoms with E-state index in [4.69, 9.17) is 11.6 Å². The third-order valence-corrected chi connectivity index (χ3v) is 3.56. The lowest BCUT2D eigenvalue weighted by atomic mass is 10.0. The number of anilines is 1. The van der Waals surface area contributed by atoms with Crippen molar-refractivity contribution in [1.82, 2.24) is 10.4 Å². The Labute approximate surface area is 137 Å². The number of carbonyl (C=O) groups is 2. The average molecular weight is 329 g/mol. The van der Waals surface area contributed by atoms with Crippen LogP contribution in [0.1, 0.15) is 28.9 Å². The summed E-state index contributed by atoms with van der Waals surface area (Å²) in [6.45, 7) is 0. The molecular weight excluding hydrogens is 316 g/mol. The van der Waals surface area contributed by atoms with Crippen molar-refractivity contribution in [2.45, 2.75) is 12.8 Å². The lowest BCUT2D eigenvalue weighted by Gasteiger charge is -2.12. The second kappa shape index (κ2) is 6.58. The molecule has 1 aliphatic rings. The second-order valence-electron chi connectivity index (χ2n) is 4.99. The maximum absolute atomic E-state index is 12.1. The predicted molar refractivity (Wildman–Crippen MR) is 87.6 cm³/mol. The summed E-state index contributed by atoms with van der Waals surface area (Å²) in [6.07, 6.45) is 2.46. The zero-order valence-electron chi connectivity index (χ0n) is 12.0. The molecule has 116 valence electrons. The van der Waals surface area contributed by atoms with Gasteiger partial charge in [-0.25, -0.2) is 10.4 Å². The van der Waals surface area contributed by atoms with Crippen molar-refractivity contribution in [3.05, 3.63) is 58.9 Å². The second-order valence-corrected chi connectivity index (χ2v) is 5.42. The number of halogens is 1. The highest BCUT2D eigenvalue weighted by Gasteiger charge is 2.13. The van der Waals surface area contributed by atoms with Gasteiger partial charge in [0.05, 0.1) is 10.7 Å². The number of amides is 2. The van der Waals surface area contributed by atoms with E-state index >= 15 is 0 Å². The molecule has 0 spiro atoms. The van der Waals surface area contributed by atoms with Gasteiger partial charge in [0.1, 0.15) is 5.69 Å². The first kappa shape index (κ1) is 15.2. The van der Waals surface area contributed by atoms with E-state index in [2.05, 4.69) is 20.8 Å². The number of hydrogen-bond donors (Lipinski definition) is 2. The molecule has 1 aromatic carbocycles. The molecule has 6 nitrogen and oxygen atoms in total. The number of nitrogens with one attached hydrogen (secondary N) is 2. The van der Waals surface area contributed by atoms with Crippen molar-refractivity contribution in [2.75, 3.05) is 5.32 Å². The van der Waals surface area contributed by atoms with E-state index in [1.807, 2.05) is 12.1 Å². The Morgan fingerprint density at radius 2 is 1.91 bits per heavy atom. The van der Waals surface area contributed by atoms with E-state index in [9.17, 15) is 9.59 Å². The number of hydrogen-bond acceptors (Lipinski definition) is 4. The van der Waals surface area contributed by atoms with Gasteiger partial charge in [0.2, 0.25) is 5.91 Å². The minimum atomic E-state index is -0.309. The monoisotopic (exact) mass is 328 g/mol. The minimum absolute atomic E-state index is 0.0758. The van der Waals surface area contributed by atoms with Crippen LogP contribution in [0.5, 0.6) is 0 Å². The van der Waals surface area contributed by atoms with Gasteiger partial charge in [-0.15, -0.1) is 0 Å². The normalized spacial score (nSPS) is 14.0. The van der Waals surface area contributed by atoms with Crippen molar-refractivity contribution < 1.29 is 9.59 Å². The van der Waals surface area contributed by atoms with E-state index < -0.39 is 0 Å². The van der Waals surface area contributed by atoms with Crippen LogP contribution in [0.4, 0.5) is 5.69 Å². The Morgan fingerprint density at radius 1 is 1.13 bits per heavy atom. The largest absolute Gasteiger partial charge is 0.321 e. The number of benzene rings is 1. The minimum Gasteiger partial charge on any atom is -0.321 e. The fraction of sp³-hybridized carbons (Fsp3) is 0.125. The summed E-state index contributed by atoms with van der Waals surface area (Å²) >= 11 is 5.75. The van der Waals surface area contributed by atoms with Crippen molar-refractivity contribution in [3.8, 4) is 0 Å². The van der Waals surface area contributed by atoms with Gasteiger partial charge in [0.25, 0.3) is 5.91 Å². The van der Waals surface area contributed by atoms with Gasteiger partial charge in [0.15, 0.2) is 0 Å². The Hall–Kier alpha value is -2.73. The third-order valence-electron chi connectivity index (χ3n) is 3.34. The van der Waals surface area contributed by atoms with Crippen LogP contribution < -0.4 is 10.7 Å². The highest BCUT2D eigenvalue weighted by Crippen LogP contribution is 2.15. The molecule has 7 heteroatoms. The van der Waals surface area contributed by atoms with Crippen molar-refractivity contribution in [3.63, 3.8) is 0 Å². The predicted octanol–water partition coefficient (Wildman–Crippen LogP) is 2.60. The molecule has 2 N–H and O–H groups in total. The maximum atomic E-state index is 12.1. The van der Waals surface area contributed by atoms with Gasteiger partial charge < -0.3 is 5.32 Å². The first-order valence-corrected chi connectivity index (χ1v) is 7.38. The number of nitrogens with zero attached hydrogens (tertiary/aromatic N) is 2. The lowest BCUT2D eigenvalue weighted by Crippen LogP contribution is -2.25. The van der Waals surface area contributed by atoms with E-state index in [0.29, 0.717) is 23.6 Å². The van der Waals surface area contributed by atoms with E-state index in [0.717, 1.165) is 11.3 Å². The summed E-state index contributed by atoms with van der Waals surface area (Å²) in [4.78, 5) is 27.1. The van der Waals surface area contributed by atoms with Crippen LogP contribution in [0.3, 0.4) is 0 Å². The summed E-state index contributed by atoms with van der Waals surface area (Å²) in [5, 5.41) is 7.27. The molecular formula is C16H13ClN4O2. The SMILES string of the molecule is O=C1CCC(c2ccc(NC(=O)c3ccc(Cl)cn3)cc2)=NN1. The Balaban J connectivity index is 1.69. The molecule has 3 rings (SSSR count). The van der Waals surface area contributed by atoms with Crippen LogP contribution >= 0.6 is 11.6 Å². The molecule has 2 heterocycles. The Bertz CT molecular complexity index is 770. The van der Waals surface area contributed by atoms with Gasteiger partial charge >= 0.3 is 0 Å². The molecule has 23 heavy (non-hydrogen) atoms. The van der Waals surface area contributed by atoms with Gasteiger partial charge in [-0.2, -0.15) is 5.10 Å². The van der Waals surface area contributed by atoms with Gasteiger partial charge in [-0.1, -0.05) is 23.7 Å². The van der Waals surface area contributed by atoms with E-state index in [-0.39, 0.29) is 17.5 Å². The zero-order valence-corrected chi connectivity index (χ0v) is 12.8. The average Bonchev–Trinajstić information content (AvgIpc) is 2.57. The highest BCUT2D eigenvalue weighted by atomic mass is 35.5. The molecule has 0 bridgehead atoms. The van der Waals surface area contributed by atoms with Crippen LogP contribution in [0, 0.1) is 0 Å². The topological polar surface area (TPSA) is 83.5 Å². The van der Waals surface area contributed by atoms with Gasteiger partial charge in [0, 0.05) is 24.7 Å². The van der Waals surface area contributed by atoms with Crippen LogP contribution in [0.2, 0.25) is 5.02 Å². The van der Waals surface area contributed by atoms with Crippen LogP contribution in [-0.4, -0.2) is 22.5 Å². The van der Waals surface area contributed by atoms with Gasteiger partial charge in [-0.05, 0) is 29.8 Å². The molecule has 2 amide bonds. The summed E-state index contributed by atoms with van der Waals surface area (Å²) in [6, 6.07) is 10.4. The summed E-state index contributed by atoms with van der Waals surface area (Å²) in [5.41, 5.74) is 5.13. The van der Waals surface area contributed by atoms with Crippen LogP contribution in [0.25, 0.3) is 0 Å². The molecule has 0 saturated heterocycles. The molecule has 0 unspecified atom stereocenters. The summed E-state index contributed by atoms with van der Waals surface area (Å²) in [5.74, 6) is -0.384. The first-order valence-electron chi connectivity index (χ1n) is 7.00. The fourth-order valence-corrected chi connectivity index (χ4v) is 2.25. The molecule has 0 fully saturated rings. The first-order chi connectivity index (χ1) is 11.1. The lowest BCUT2D eigenvalue weighted by molar-refractivity contribution is -0.121. The quantitative estimate of drug-likeness (QED) is 0.908. The number of hydrazone groups is 1. The Kier molecular flexibility index (Phi) is 4.34. The van der Waals surface area contributed by atoms with Crippen molar-refractivity contribution in [1.29, 1.82) is 0 Å². The number of carbonyl (C=O) groups excluding carboxylic acids is 2. The van der Waals surface area contributed by atoms with Crippen molar-refractivity contribution >= 4 is 34.8 Å². The summed E-state index contributed by atoms with van der Waals surface area (Å²) < 4.78 is 0. The Morgan fingerprint density at radius 3 is 2.52 bits per heavy atom. The smallest absolute Gasteiger partial charge is 0.274 e. The molecule has 0 saturated carbocycles. The van der Waals surface area contributed by atoms with E-state index in [1.54, 1.807) is 24.3 Å². The highest BCUT2D eigenvalue weighted by molar-refractivity contribution is 6.30. The molecule has 0 radical (unpaired) electrons. The van der Waals surface area contributed by atoms with Gasteiger partial charge in [-0.3, -0.25) is 9.59 Å². The fourth-order valence-electron chi connectivity index (χ4n) is 2.13. The molecule has 1 aliphatic heterocycles. The van der Waals surface area contributed by atoms with E-state index in [1.165, 1.54) is 6.20 Å². The van der Waals surface area contributed by atoms with Crippen LogP contribution in [-0.2, 0) is 4.79 Å². The standard InChI is InChI=1S/C16H13ClN4O2/c17-11-3-6-14(18-9-11)16(23)19-12-4-1-10(2-5-12)13-7-8-15(22)21-20-13/h1-6,9H,7-8H2,(H,19,23)(H,21,22). The molecule has 0 atom stereocenters. The van der Waals surface area contributed by atoms with Crippen molar-refractivity contribution in [2.24, 2.45) is 5.10 Å². The molecule has 1 aromatic heterocycles. The van der Waals surface area contributed by atoms with Crippen LogP contribution in [0.15, 0.2) is 47.7 Å². The number of rotatable bonds is 3. The summed E-state index contributed by atoms with van der Waals surface area (Å²) in [7, 11) is 0. The number of pyridine rings is 1.